The molecule has 92 valence electrons. The number of aromatic amines is 1. The van der Waals surface area contributed by atoms with Crippen LogP contribution in [-0.2, 0) is 6.42 Å². The van der Waals surface area contributed by atoms with Crippen LogP contribution in [0.4, 0.5) is 0 Å². The smallest absolute Gasteiger partial charge is 0.277 e. The summed E-state index contributed by atoms with van der Waals surface area (Å²) in [7, 11) is 0. The van der Waals surface area contributed by atoms with E-state index < -0.39 is 0 Å². The summed E-state index contributed by atoms with van der Waals surface area (Å²) in [6.45, 7) is 4.06. The van der Waals surface area contributed by atoms with Crippen molar-refractivity contribution in [2.45, 2.75) is 46.0 Å². The van der Waals surface area contributed by atoms with Crippen LogP contribution in [0.5, 0.6) is 0 Å². The van der Waals surface area contributed by atoms with Gasteiger partial charge in [0, 0.05) is 5.56 Å². The van der Waals surface area contributed by atoms with Gasteiger partial charge in [0.1, 0.15) is 6.33 Å². The van der Waals surface area contributed by atoms with Gasteiger partial charge in [-0.3, -0.25) is 9.89 Å². The van der Waals surface area contributed by atoms with Crippen LogP contribution in [0.25, 0.3) is 5.78 Å². The average molecular weight is 234 g/mol. The molecular weight excluding hydrogens is 216 g/mol. The van der Waals surface area contributed by atoms with Crippen molar-refractivity contribution in [2.24, 2.45) is 0 Å². The van der Waals surface area contributed by atoms with Gasteiger partial charge in [-0.2, -0.15) is 4.52 Å². The second kappa shape index (κ2) is 5.12. The molecule has 0 bridgehead atoms. The molecule has 0 unspecified atom stereocenters. The minimum atomic E-state index is -0.0125. The summed E-state index contributed by atoms with van der Waals surface area (Å²) in [5.74, 6) is 0.449. The molecule has 0 fully saturated rings. The summed E-state index contributed by atoms with van der Waals surface area (Å²) in [5.41, 5.74) is 1.60. The number of hydrogen-bond acceptors (Lipinski definition) is 3. The van der Waals surface area contributed by atoms with Crippen LogP contribution in [0, 0.1) is 6.92 Å². The molecule has 5 nitrogen and oxygen atoms in total. The molecule has 1 N–H and O–H groups in total. The molecule has 2 aromatic heterocycles. The fraction of sp³-hybridized carbons (Fsp3) is 0.583. The third-order valence-electron chi connectivity index (χ3n) is 3.01. The quantitative estimate of drug-likeness (QED) is 0.803. The van der Waals surface area contributed by atoms with Crippen molar-refractivity contribution in [1.82, 2.24) is 19.6 Å². The van der Waals surface area contributed by atoms with Crippen molar-refractivity contribution in [3.05, 3.63) is 27.9 Å². The highest BCUT2D eigenvalue weighted by Crippen LogP contribution is 2.07. The van der Waals surface area contributed by atoms with E-state index in [-0.39, 0.29) is 5.56 Å². The Hall–Kier alpha value is -1.65. The van der Waals surface area contributed by atoms with E-state index in [9.17, 15) is 4.79 Å². The fourth-order valence-corrected chi connectivity index (χ4v) is 2.01. The van der Waals surface area contributed by atoms with E-state index in [2.05, 4.69) is 22.0 Å². The Bertz CT molecular complexity index is 555. The SMILES string of the molecule is CCCCCCc1c(C)nc2nc[nH]n2c1=O. The zero-order valence-corrected chi connectivity index (χ0v) is 10.4. The van der Waals surface area contributed by atoms with Crippen molar-refractivity contribution >= 4 is 5.78 Å². The van der Waals surface area contributed by atoms with Gasteiger partial charge in [0.2, 0.25) is 0 Å². The molecule has 0 saturated carbocycles. The van der Waals surface area contributed by atoms with Crippen LogP contribution in [0.15, 0.2) is 11.1 Å². The Labute approximate surface area is 99.9 Å². The molecule has 0 atom stereocenters. The summed E-state index contributed by atoms with van der Waals surface area (Å²) >= 11 is 0. The maximum absolute atomic E-state index is 12.1. The Morgan fingerprint density at radius 1 is 1.35 bits per heavy atom. The normalized spacial score (nSPS) is 11.2. The maximum Gasteiger partial charge on any atom is 0.277 e. The van der Waals surface area contributed by atoms with E-state index in [1.165, 1.54) is 30.1 Å². The summed E-state index contributed by atoms with van der Waals surface area (Å²) in [5, 5.41) is 2.79. The Kier molecular flexibility index (Phi) is 3.56. The largest absolute Gasteiger partial charge is 0.278 e. The molecule has 2 heterocycles. The summed E-state index contributed by atoms with van der Waals surface area (Å²) in [6.07, 6.45) is 6.94. The molecule has 0 spiro atoms. The lowest BCUT2D eigenvalue weighted by Gasteiger charge is -2.04. The van der Waals surface area contributed by atoms with E-state index in [1.54, 1.807) is 0 Å². The van der Waals surface area contributed by atoms with Gasteiger partial charge in [-0.05, 0) is 19.8 Å². The first-order valence-electron chi connectivity index (χ1n) is 6.15. The van der Waals surface area contributed by atoms with Crippen molar-refractivity contribution in [2.75, 3.05) is 0 Å². The number of H-pyrrole nitrogens is 1. The number of nitrogens with zero attached hydrogens (tertiary/aromatic N) is 3. The molecule has 0 radical (unpaired) electrons. The second-order valence-electron chi connectivity index (χ2n) is 4.31. The molecule has 0 aliphatic heterocycles. The molecule has 2 rings (SSSR count). The Morgan fingerprint density at radius 3 is 2.94 bits per heavy atom. The topological polar surface area (TPSA) is 63.1 Å². The second-order valence-corrected chi connectivity index (χ2v) is 4.31. The summed E-state index contributed by atoms with van der Waals surface area (Å²) < 4.78 is 1.40. The zero-order valence-electron chi connectivity index (χ0n) is 10.4. The van der Waals surface area contributed by atoms with Gasteiger partial charge >= 0.3 is 0 Å². The molecule has 2 aromatic rings. The highest BCUT2D eigenvalue weighted by atomic mass is 16.1. The number of fused-ring (bicyclic) bond motifs is 1. The Balaban J connectivity index is 2.24. The van der Waals surface area contributed by atoms with Crippen LogP contribution >= 0.6 is 0 Å². The zero-order chi connectivity index (χ0) is 12.3. The van der Waals surface area contributed by atoms with E-state index in [0.717, 1.165) is 24.1 Å². The van der Waals surface area contributed by atoms with Crippen LogP contribution < -0.4 is 5.56 Å². The first kappa shape index (κ1) is 11.8. The van der Waals surface area contributed by atoms with E-state index in [1.807, 2.05) is 6.92 Å². The van der Waals surface area contributed by atoms with E-state index >= 15 is 0 Å². The minimum absolute atomic E-state index is 0.0125. The van der Waals surface area contributed by atoms with Crippen LogP contribution in [0.1, 0.15) is 43.9 Å². The minimum Gasteiger partial charge on any atom is -0.278 e. The predicted molar refractivity (Wildman–Crippen MR) is 66.2 cm³/mol. The van der Waals surface area contributed by atoms with Gasteiger partial charge in [0.25, 0.3) is 11.3 Å². The molecule has 0 amide bonds. The first-order chi connectivity index (χ1) is 8.24. The Morgan fingerprint density at radius 2 is 2.18 bits per heavy atom. The van der Waals surface area contributed by atoms with Crippen LogP contribution in [0.3, 0.4) is 0 Å². The van der Waals surface area contributed by atoms with Gasteiger partial charge in [0.15, 0.2) is 0 Å². The third-order valence-corrected chi connectivity index (χ3v) is 3.01. The number of hydrogen-bond donors (Lipinski definition) is 1. The first-order valence-corrected chi connectivity index (χ1v) is 6.15. The average Bonchev–Trinajstić information content (AvgIpc) is 2.76. The molecule has 0 aliphatic carbocycles. The van der Waals surface area contributed by atoms with Crippen LogP contribution in [0.2, 0.25) is 0 Å². The lowest BCUT2D eigenvalue weighted by molar-refractivity contribution is 0.658. The van der Waals surface area contributed by atoms with Gasteiger partial charge in [-0.15, -0.1) is 0 Å². The number of nitrogens with one attached hydrogen (secondary N) is 1. The summed E-state index contributed by atoms with van der Waals surface area (Å²) in [4.78, 5) is 20.4. The fourth-order valence-electron chi connectivity index (χ4n) is 2.01. The number of rotatable bonds is 5. The molecule has 0 aromatic carbocycles. The standard InChI is InChI=1S/C12H18N4O/c1-3-4-5-6-7-10-9(2)15-12-13-8-14-16(12)11(10)17/h8H,3-7H2,1-2H3,(H,13,14,15). The highest BCUT2D eigenvalue weighted by molar-refractivity contribution is 5.30. The molecule has 0 aliphatic rings. The summed E-state index contributed by atoms with van der Waals surface area (Å²) in [6, 6.07) is 0. The monoisotopic (exact) mass is 234 g/mol. The molecule has 17 heavy (non-hydrogen) atoms. The lowest BCUT2D eigenvalue weighted by atomic mass is 10.1. The third kappa shape index (κ3) is 2.38. The van der Waals surface area contributed by atoms with Gasteiger partial charge in [0.05, 0.1) is 5.69 Å². The van der Waals surface area contributed by atoms with E-state index in [0.29, 0.717) is 5.78 Å². The molecular formula is C12H18N4O. The highest BCUT2D eigenvalue weighted by Gasteiger charge is 2.10. The van der Waals surface area contributed by atoms with Crippen molar-refractivity contribution in [3.8, 4) is 0 Å². The van der Waals surface area contributed by atoms with Gasteiger partial charge in [-0.25, -0.2) is 9.97 Å². The van der Waals surface area contributed by atoms with Crippen LogP contribution in [-0.4, -0.2) is 19.6 Å². The predicted octanol–water partition coefficient (Wildman–Crippen LogP) is 1.85. The lowest BCUT2D eigenvalue weighted by Crippen LogP contribution is -2.21. The number of aryl methyl sites for hydroxylation is 1. The van der Waals surface area contributed by atoms with Crippen molar-refractivity contribution in [3.63, 3.8) is 0 Å². The van der Waals surface area contributed by atoms with Gasteiger partial charge in [-0.1, -0.05) is 26.2 Å². The number of aromatic nitrogens is 4. The van der Waals surface area contributed by atoms with Crippen molar-refractivity contribution in [1.29, 1.82) is 0 Å². The van der Waals surface area contributed by atoms with Crippen molar-refractivity contribution < 1.29 is 0 Å². The molecule has 0 saturated heterocycles. The van der Waals surface area contributed by atoms with E-state index in [4.69, 9.17) is 0 Å². The molecule has 5 heteroatoms. The van der Waals surface area contributed by atoms with Gasteiger partial charge < -0.3 is 0 Å². The number of unbranched alkanes of at least 4 members (excludes halogenated alkanes) is 3. The maximum atomic E-state index is 12.1.